The maximum Gasteiger partial charge on any atom is 0.260 e. The van der Waals surface area contributed by atoms with Crippen LogP contribution < -0.4 is 4.74 Å². The molecule has 1 aromatic rings. The van der Waals surface area contributed by atoms with E-state index in [0.29, 0.717) is 35.5 Å². The summed E-state index contributed by atoms with van der Waals surface area (Å²) in [6.45, 7) is 3.66. The molecule has 0 bridgehead atoms. The zero-order valence-corrected chi connectivity index (χ0v) is 12.1. The summed E-state index contributed by atoms with van der Waals surface area (Å²) < 4.78 is 10.8. The number of rotatable bonds is 3. The van der Waals surface area contributed by atoms with Crippen molar-refractivity contribution in [3.8, 4) is 5.75 Å². The van der Waals surface area contributed by atoms with Gasteiger partial charge in [0.15, 0.2) is 6.61 Å². The van der Waals surface area contributed by atoms with Crippen molar-refractivity contribution < 1.29 is 14.3 Å². The van der Waals surface area contributed by atoms with Crippen molar-refractivity contribution in [2.75, 3.05) is 26.3 Å². The fraction of sp³-hybridized carbons (Fsp3) is 0.462. The first-order chi connectivity index (χ1) is 9.06. The molecule has 1 aliphatic rings. The predicted octanol–water partition coefficient (Wildman–Crippen LogP) is 2.62. The monoisotopic (exact) mass is 303 g/mol. The van der Waals surface area contributed by atoms with Crippen LogP contribution in [0.5, 0.6) is 5.75 Å². The third kappa shape index (κ3) is 4.00. The molecular formula is C13H15Cl2NO3. The standard InChI is InChI=1S/C13H15Cl2NO3/c1-9-7-16(4-5-18-9)13(17)8-19-12-3-2-10(14)6-11(12)15/h2-3,6,9H,4-5,7-8H2,1H3/t9-/m1/s1. The third-order valence-electron chi connectivity index (χ3n) is 2.84. The molecule has 1 saturated heterocycles. The second kappa shape index (κ2) is 6.46. The van der Waals surface area contributed by atoms with Crippen molar-refractivity contribution in [2.24, 2.45) is 0 Å². The highest BCUT2D eigenvalue weighted by Gasteiger charge is 2.21. The van der Waals surface area contributed by atoms with Crippen molar-refractivity contribution in [2.45, 2.75) is 13.0 Å². The van der Waals surface area contributed by atoms with Gasteiger partial charge in [0.2, 0.25) is 0 Å². The number of hydrogen-bond acceptors (Lipinski definition) is 3. The lowest BCUT2D eigenvalue weighted by Crippen LogP contribution is -2.46. The highest BCUT2D eigenvalue weighted by Crippen LogP contribution is 2.27. The van der Waals surface area contributed by atoms with E-state index in [1.165, 1.54) is 0 Å². The second-order valence-electron chi connectivity index (χ2n) is 4.38. The summed E-state index contributed by atoms with van der Waals surface area (Å²) in [4.78, 5) is 13.7. The first-order valence-electron chi connectivity index (χ1n) is 6.03. The molecule has 104 valence electrons. The van der Waals surface area contributed by atoms with E-state index in [-0.39, 0.29) is 18.6 Å². The molecule has 1 atom stereocenters. The number of ether oxygens (including phenoxy) is 2. The molecule has 2 rings (SSSR count). The fourth-order valence-electron chi connectivity index (χ4n) is 1.87. The van der Waals surface area contributed by atoms with Crippen molar-refractivity contribution in [3.63, 3.8) is 0 Å². The number of nitrogens with zero attached hydrogens (tertiary/aromatic N) is 1. The molecule has 1 fully saturated rings. The number of halogens is 2. The molecule has 1 aromatic carbocycles. The van der Waals surface area contributed by atoms with Gasteiger partial charge in [-0.2, -0.15) is 0 Å². The number of carbonyl (C=O) groups is 1. The van der Waals surface area contributed by atoms with Gasteiger partial charge in [-0.1, -0.05) is 23.2 Å². The Morgan fingerprint density at radius 2 is 2.32 bits per heavy atom. The molecule has 0 unspecified atom stereocenters. The molecule has 0 radical (unpaired) electrons. The quantitative estimate of drug-likeness (QED) is 0.861. The summed E-state index contributed by atoms with van der Waals surface area (Å²) in [5.74, 6) is 0.391. The largest absolute Gasteiger partial charge is 0.482 e. The number of amides is 1. The van der Waals surface area contributed by atoms with Crippen LogP contribution in [0.1, 0.15) is 6.92 Å². The van der Waals surface area contributed by atoms with Crippen LogP contribution in [0.3, 0.4) is 0 Å². The Labute approximate surface area is 122 Å². The maximum atomic E-state index is 12.0. The third-order valence-corrected chi connectivity index (χ3v) is 3.37. The molecule has 1 heterocycles. The molecule has 0 aliphatic carbocycles. The van der Waals surface area contributed by atoms with Gasteiger partial charge in [-0.25, -0.2) is 0 Å². The molecule has 6 heteroatoms. The molecule has 0 saturated carbocycles. The normalized spacial score (nSPS) is 19.3. The highest BCUT2D eigenvalue weighted by molar-refractivity contribution is 6.35. The predicted molar refractivity (Wildman–Crippen MR) is 74.0 cm³/mol. The molecule has 4 nitrogen and oxygen atoms in total. The minimum atomic E-state index is -0.0684. The van der Waals surface area contributed by atoms with E-state index in [0.717, 1.165) is 0 Å². The number of hydrogen-bond donors (Lipinski definition) is 0. The molecule has 1 aliphatic heterocycles. The van der Waals surface area contributed by atoms with Crippen LogP contribution in [0.25, 0.3) is 0 Å². The molecule has 1 amide bonds. The molecule has 0 spiro atoms. The van der Waals surface area contributed by atoms with Crippen molar-refractivity contribution >= 4 is 29.1 Å². The Bertz CT molecular complexity index is 467. The molecular weight excluding hydrogens is 289 g/mol. The van der Waals surface area contributed by atoms with E-state index in [1.54, 1.807) is 23.1 Å². The van der Waals surface area contributed by atoms with Crippen LogP contribution in [0.15, 0.2) is 18.2 Å². The maximum absolute atomic E-state index is 12.0. The smallest absolute Gasteiger partial charge is 0.260 e. The Morgan fingerprint density at radius 1 is 1.53 bits per heavy atom. The van der Waals surface area contributed by atoms with Gasteiger partial charge < -0.3 is 14.4 Å². The summed E-state index contributed by atoms with van der Waals surface area (Å²) in [6.07, 6.45) is 0.0665. The minimum absolute atomic E-state index is 0.0337. The van der Waals surface area contributed by atoms with Gasteiger partial charge in [0, 0.05) is 18.1 Å². The highest BCUT2D eigenvalue weighted by atomic mass is 35.5. The van der Waals surface area contributed by atoms with E-state index in [4.69, 9.17) is 32.7 Å². The van der Waals surface area contributed by atoms with E-state index < -0.39 is 0 Å². The minimum Gasteiger partial charge on any atom is -0.482 e. The van der Waals surface area contributed by atoms with E-state index in [2.05, 4.69) is 0 Å². The Hall–Kier alpha value is -0.970. The molecule has 0 N–H and O–H groups in total. The van der Waals surface area contributed by atoms with Crippen LogP contribution in [-0.2, 0) is 9.53 Å². The number of benzene rings is 1. The van der Waals surface area contributed by atoms with Crippen LogP contribution in [0.4, 0.5) is 0 Å². The van der Waals surface area contributed by atoms with Gasteiger partial charge in [0.25, 0.3) is 5.91 Å². The Morgan fingerprint density at radius 3 is 3.00 bits per heavy atom. The van der Waals surface area contributed by atoms with Gasteiger partial charge in [0.1, 0.15) is 5.75 Å². The van der Waals surface area contributed by atoms with Crippen LogP contribution in [-0.4, -0.2) is 43.2 Å². The van der Waals surface area contributed by atoms with Crippen molar-refractivity contribution in [1.82, 2.24) is 4.90 Å². The zero-order valence-electron chi connectivity index (χ0n) is 10.6. The Balaban J connectivity index is 1.89. The van der Waals surface area contributed by atoms with Crippen LogP contribution in [0, 0.1) is 0 Å². The van der Waals surface area contributed by atoms with Crippen molar-refractivity contribution in [3.05, 3.63) is 28.2 Å². The Kier molecular flexibility index (Phi) is 4.91. The van der Waals surface area contributed by atoms with E-state index in [1.807, 2.05) is 6.92 Å². The summed E-state index contributed by atoms with van der Waals surface area (Å²) in [7, 11) is 0. The summed E-state index contributed by atoms with van der Waals surface area (Å²) in [5.41, 5.74) is 0. The van der Waals surface area contributed by atoms with E-state index in [9.17, 15) is 4.79 Å². The van der Waals surface area contributed by atoms with Gasteiger partial charge in [-0.3, -0.25) is 4.79 Å². The van der Waals surface area contributed by atoms with E-state index >= 15 is 0 Å². The lowest BCUT2D eigenvalue weighted by molar-refractivity contribution is -0.140. The lowest BCUT2D eigenvalue weighted by Gasteiger charge is -2.31. The van der Waals surface area contributed by atoms with Crippen molar-refractivity contribution in [1.29, 1.82) is 0 Å². The average molecular weight is 304 g/mol. The summed E-state index contributed by atoms with van der Waals surface area (Å²) in [5, 5.41) is 0.932. The van der Waals surface area contributed by atoms with Gasteiger partial charge in [0.05, 0.1) is 17.7 Å². The molecule has 19 heavy (non-hydrogen) atoms. The van der Waals surface area contributed by atoms with Gasteiger partial charge in [-0.15, -0.1) is 0 Å². The zero-order chi connectivity index (χ0) is 13.8. The van der Waals surface area contributed by atoms with Crippen LogP contribution in [0.2, 0.25) is 10.0 Å². The second-order valence-corrected chi connectivity index (χ2v) is 5.23. The number of morpholine rings is 1. The summed E-state index contributed by atoms with van der Waals surface area (Å²) >= 11 is 11.8. The fourth-order valence-corrected chi connectivity index (χ4v) is 2.33. The molecule has 0 aromatic heterocycles. The van der Waals surface area contributed by atoms with Gasteiger partial charge >= 0.3 is 0 Å². The SMILES string of the molecule is C[C@@H]1CN(C(=O)COc2ccc(Cl)cc2Cl)CCO1. The first-order valence-corrected chi connectivity index (χ1v) is 6.79. The first kappa shape index (κ1) is 14.4. The van der Waals surface area contributed by atoms with Crippen LogP contribution >= 0.6 is 23.2 Å². The lowest BCUT2D eigenvalue weighted by atomic mass is 10.3. The number of carbonyl (C=O) groups excluding carboxylic acids is 1. The summed E-state index contributed by atoms with van der Waals surface area (Å²) in [6, 6.07) is 4.91. The average Bonchev–Trinajstić information content (AvgIpc) is 2.37. The van der Waals surface area contributed by atoms with Gasteiger partial charge in [-0.05, 0) is 25.1 Å². The topological polar surface area (TPSA) is 38.8 Å².